The summed E-state index contributed by atoms with van der Waals surface area (Å²) in [4.78, 5) is 0. The normalized spacial score (nSPS) is 17.3. The largest absolute Gasteiger partial charge is 0.490 e. The first-order valence-corrected chi connectivity index (χ1v) is 7.43. The van der Waals surface area contributed by atoms with Crippen molar-refractivity contribution in [3.63, 3.8) is 0 Å². The van der Waals surface area contributed by atoms with Crippen LogP contribution in [-0.4, -0.2) is 31.0 Å². The Morgan fingerprint density at radius 1 is 1.43 bits per heavy atom. The summed E-state index contributed by atoms with van der Waals surface area (Å²) in [6.45, 7) is 1.36. The molecule has 0 saturated carbocycles. The molecule has 0 spiro atoms. The average Bonchev–Trinajstić information content (AvgIpc) is 3.00. The lowest BCUT2D eigenvalue weighted by Gasteiger charge is -2.10. The van der Waals surface area contributed by atoms with E-state index >= 15 is 0 Å². The number of benzene rings is 1. The lowest BCUT2D eigenvalue weighted by atomic mass is 10.1. The van der Waals surface area contributed by atoms with Crippen molar-refractivity contribution in [2.24, 2.45) is 0 Å². The van der Waals surface area contributed by atoms with Gasteiger partial charge in [-0.2, -0.15) is 0 Å². The molecular weight excluding hydrogens is 271 g/mol. The fourth-order valence-corrected chi connectivity index (χ4v) is 2.28. The highest BCUT2D eigenvalue weighted by atomic mass is 19.1. The van der Waals surface area contributed by atoms with Gasteiger partial charge in [0.2, 0.25) is 0 Å². The van der Waals surface area contributed by atoms with Crippen molar-refractivity contribution in [1.82, 2.24) is 0 Å². The van der Waals surface area contributed by atoms with E-state index in [9.17, 15) is 4.39 Å². The van der Waals surface area contributed by atoms with Gasteiger partial charge < -0.3 is 14.6 Å². The minimum Gasteiger partial charge on any atom is -0.490 e. The molecule has 1 atom stereocenters. The maximum atomic E-state index is 13.6. The molecule has 1 N–H and O–H groups in total. The van der Waals surface area contributed by atoms with E-state index in [1.54, 1.807) is 12.1 Å². The van der Waals surface area contributed by atoms with Crippen LogP contribution in [0.15, 0.2) is 18.2 Å². The molecule has 1 fully saturated rings. The predicted molar refractivity (Wildman–Crippen MR) is 78.7 cm³/mol. The maximum absolute atomic E-state index is 13.6. The minimum atomic E-state index is -0.375. The first-order valence-electron chi connectivity index (χ1n) is 7.43. The Balaban J connectivity index is 1.81. The smallest absolute Gasteiger partial charge is 0.165 e. The van der Waals surface area contributed by atoms with Crippen molar-refractivity contribution in [2.45, 2.75) is 38.2 Å². The second-order valence-electron chi connectivity index (χ2n) is 5.05. The molecule has 21 heavy (non-hydrogen) atoms. The van der Waals surface area contributed by atoms with Gasteiger partial charge in [0, 0.05) is 18.6 Å². The first kappa shape index (κ1) is 15.8. The van der Waals surface area contributed by atoms with Gasteiger partial charge >= 0.3 is 0 Å². The first-order chi connectivity index (χ1) is 10.3. The van der Waals surface area contributed by atoms with Crippen LogP contribution in [0.1, 0.15) is 37.7 Å². The monoisotopic (exact) mass is 292 g/mol. The highest BCUT2D eigenvalue weighted by Gasteiger charge is 2.14. The summed E-state index contributed by atoms with van der Waals surface area (Å²) < 4.78 is 24.7. The van der Waals surface area contributed by atoms with Gasteiger partial charge in [-0.05, 0) is 43.9 Å². The van der Waals surface area contributed by atoms with Crippen LogP contribution in [0, 0.1) is 17.7 Å². The van der Waals surface area contributed by atoms with Crippen LogP contribution in [0.4, 0.5) is 4.39 Å². The van der Waals surface area contributed by atoms with Crippen LogP contribution in [0.2, 0.25) is 0 Å². The molecule has 1 saturated heterocycles. The topological polar surface area (TPSA) is 38.7 Å². The number of aliphatic hydroxyl groups excluding tert-OH is 1. The third kappa shape index (κ3) is 5.37. The number of hydrogen-bond acceptors (Lipinski definition) is 3. The Labute approximate surface area is 125 Å². The number of hydrogen-bond donors (Lipinski definition) is 1. The van der Waals surface area contributed by atoms with Crippen LogP contribution in [0.3, 0.4) is 0 Å². The van der Waals surface area contributed by atoms with Crippen LogP contribution in [0.5, 0.6) is 5.75 Å². The van der Waals surface area contributed by atoms with Gasteiger partial charge in [0.15, 0.2) is 11.6 Å². The van der Waals surface area contributed by atoms with Gasteiger partial charge in [-0.1, -0.05) is 11.8 Å². The van der Waals surface area contributed by atoms with Crippen molar-refractivity contribution < 1.29 is 19.0 Å². The van der Waals surface area contributed by atoms with Gasteiger partial charge in [-0.25, -0.2) is 4.39 Å². The van der Waals surface area contributed by atoms with E-state index in [0.29, 0.717) is 24.7 Å². The van der Waals surface area contributed by atoms with Crippen LogP contribution in [0.25, 0.3) is 0 Å². The molecule has 1 aromatic carbocycles. The fourth-order valence-electron chi connectivity index (χ4n) is 2.28. The zero-order chi connectivity index (χ0) is 14.9. The lowest BCUT2D eigenvalue weighted by Crippen LogP contribution is -2.08. The Bertz CT molecular complexity index is 498. The van der Waals surface area contributed by atoms with E-state index in [1.165, 1.54) is 6.07 Å². The van der Waals surface area contributed by atoms with E-state index in [-0.39, 0.29) is 18.2 Å². The number of aliphatic hydroxyl groups is 1. The molecule has 0 bridgehead atoms. The van der Waals surface area contributed by atoms with Gasteiger partial charge in [0.1, 0.15) is 0 Å². The molecule has 0 aliphatic carbocycles. The molecule has 0 amide bonds. The van der Waals surface area contributed by atoms with Gasteiger partial charge in [0.25, 0.3) is 0 Å². The molecule has 0 radical (unpaired) electrons. The average molecular weight is 292 g/mol. The molecule has 1 aliphatic rings. The summed E-state index contributed by atoms with van der Waals surface area (Å²) in [5.41, 5.74) is 0.693. The zero-order valence-corrected chi connectivity index (χ0v) is 12.1. The molecule has 0 aromatic heterocycles. The van der Waals surface area contributed by atoms with Crippen molar-refractivity contribution >= 4 is 0 Å². The maximum Gasteiger partial charge on any atom is 0.165 e. The van der Waals surface area contributed by atoms with E-state index in [0.717, 1.165) is 32.3 Å². The van der Waals surface area contributed by atoms with Gasteiger partial charge in [-0.15, -0.1) is 0 Å². The second-order valence-corrected chi connectivity index (χ2v) is 5.05. The van der Waals surface area contributed by atoms with Crippen molar-refractivity contribution in [2.75, 3.05) is 19.8 Å². The Morgan fingerprint density at radius 2 is 2.33 bits per heavy atom. The molecule has 1 aromatic rings. The number of rotatable bonds is 6. The number of ether oxygens (including phenoxy) is 2. The van der Waals surface area contributed by atoms with E-state index in [4.69, 9.17) is 14.6 Å². The molecular formula is C17H21FO3. The number of halogens is 1. The molecule has 114 valence electrons. The molecule has 1 heterocycles. The van der Waals surface area contributed by atoms with Crippen LogP contribution >= 0.6 is 0 Å². The molecule has 2 rings (SSSR count). The standard InChI is InChI=1S/C17H21FO3/c18-16-9-8-14(5-1-2-10-19)13-17(16)21-12-4-7-15-6-3-11-20-15/h8-9,13,15,19H,2-4,6-7,10-12H2. The van der Waals surface area contributed by atoms with Gasteiger partial charge in [0.05, 0.1) is 19.3 Å². The van der Waals surface area contributed by atoms with E-state index < -0.39 is 0 Å². The summed E-state index contributed by atoms with van der Waals surface area (Å²) in [5, 5.41) is 8.68. The van der Waals surface area contributed by atoms with Crippen LogP contribution < -0.4 is 4.74 Å². The summed E-state index contributed by atoms with van der Waals surface area (Å²) in [6.07, 6.45) is 4.81. The molecule has 3 nitrogen and oxygen atoms in total. The summed E-state index contributed by atoms with van der Waals surface area (Å²) in [6, 6.07) is 4.57. The van der Waals surface area contributed by atoms with Crippen LogP contribution in [-0.2, 0) is 4.74 Å². The summed E-state index contributed by atoms with van der Waals surface area (Å²) >= 11 is 0. The highest BCUT2D eigenvalue weighted by Crippen LogP contribution is 2.20. The SMILES string of the molecule is OCCC#Cc1ccc(F)c(OCCCC2CCCO2)c1. The zero-order valence-electron chi connectivity index (χ0n) is 12.1. The fraction of sp³-hybridized carbons (Fsp3) is 0.529. The summed E-state index contributed by atoms with van der Waals surface area (Å²) in [5.74, 6) is 5.54. The molecule has 1 aliphatic heterocycles. The van der Waals surface area contributed by atoms with E-state index in [1.807, 2.05) is 0 Å². The highest BCUT2D eigenvalue weighted by molar-refractivity contribution is 5.40. The van der Waals surface area contributed by atoms with Crippen molar-refractivity contribution in [3.05, 3.63) is 29.6 Å². The van der Waals surface area contributed by atoms with Crippen molar-refractivity contribution in [1.29, 1.82) is 0 Å². The predicted octanol–water partition coefficient (Wildman–Crippen LogP) is 2.90. The Hall–Kier alpha value is -1.57. The van der Waals surface area contributed by atoms with Crippen molar-refractivity contribution in [3.8, 4) is 17.6 Å². The van der Waals surface area contributed by atoms with E-state index in [2.05, 4.69) is 11.8 Å². The summed E-state index contributed by atoms with van der Waals surface area (Å²) in [7, 11) is 0. The molecule has 1 unspecified atom stereocenters. The quantitative estimate of drug-likeness (QED) is 0.647. The third-order valence-electron chi connectivity index (χ3n) is 3.35. The molecule has 4 heteroatoms. The third-order valence-corrected chi connectivity index (χ3v) is 3.35. The second kappa shape index (κ2) is 8.66. The van der Waals surface area contributed by atoms with Gasteiger partial charge in [-0.3, -0.25) is 0 Å². The lowest BCUT2D eigenvalue weighted by molar-refractivity contribution is 0.0979. The Morgan fingerprint density at radius 3 is 3.10 bits per heavy atom. The minimum absolute atomic E-state index is 0.0286. The Kier molecular flexibility index (Phi) is 6.52.